The normalized spacial score (nSPS) is 11.1. The first-order valence-corrected chi connectivity index (χ1v) is 8.88. The summed E-state index contributed by atoms with van der Waals surface area (Å²) in [6.45, 7) is 2.65. The summed E-state index contributed by atoms with van der Waals surface area (Å²) >= 11 is 3.98. The van der Waals surface area contributed by atoms with Gasteiger partial charge < -0.3 is 4.74 Å². The maximum absolute atomic E-state index is 11.1. The van der Waals surface area contributed by atoms with Gasteiger partial charge in [-0.15, -0.1) is 0 Å². The van der Waals surface area contributed by atoms with Crippen molar-refractivity contribution in [2.75, 3.05) is 12.4 Å². The molecule has 0 aliphatic rings. The van der Waals surface area contributed by atoms with Gasteiger partial charge in [-0.2, -0.15) is 12.6 Å². The Balaban J connectivity index is 3.16. The summed E-state index contributed by atoms with van der Waals surface area (Å²) in [5, 5.41) is 0. The largest absolute Gasteiger partial charge is 0.462 e. The van der Waals surface area contributed by atoms with Crippen LogP contribution in [-0.2, 0) is 9.53 Å². The van der Waals surface area contributed by atoms with Crippen LogP contribution in [0.25, 0.3) is 0 Å². The van der Waals surface area contributed by atoms with Crippen LogP contribution in [0.5, 0.6) is 0 Å². The van der Waals surface area contributed by atoms with E-state index in [1.165, 1.54) is 70.3 Å². The first kappa shape index (κ1) is 19.6. The van der Waals surface area contributed by atoms with Crippen molar-refractivity contribution in [3.63, 3.8) is 0 Å². The molecule has 20 heavy (non-hydrogen) atoms. The molecule has 118 valence electrons. The van der Waals surface area contributed by atoms with Gasteiger partial charge >= 0.3 is 5.97 Å². The van der Waals surface area contributed by atoms with Gasteiger partial charge in [0.2, 0.25) is 0 Å². The van der Waals surface area contributed by atoms with Crippen molar-refractivity contribution in [2.45, 2.75) is 77.6 Å². The molecule has 0 amide bonds. The van der Waals surface area contributed by atoms with Gasteiger partial charge in [0.25, 0.3) is 0 Å². The molecule has 0 atom stereocenters. The molecular weight excluding hydrogens is 268 g/mol. The quantitative estimate of drug-likeness (QED) is 0.203. The molecule has 0 aromatic carbocycles. The number of thiol groups is 1. The van der Waals surface area contributed by atoms with Crippen LogP contribution in [-0.4, -0.2) is 18.3 Å². The minimum absolute atomic E-state index is 0.244. The van der Waals surface area contributed by atoms with Gasteiger partial charge in [0, 0.05) is 11.8 Å². The number of carbonyl (C=O) groups excluding carboxylic acids is 1. The third kappa shape index (κ3) is 15.6. The Hall–Kier alpha value is -0.440. The molecule has 0 unspecified atom stereocenters. The average Bonchev–Trinajstić information content (AvgIpc) is 2.46. The monoisotopic (exact) mass is 300 g/mol. The minimum atomic E-state index is -0.244. The summed E-state index contributed by atoms with van der Waals surface area (Å²) < 4.78 is 4.89. The average molecular weight is 301 g/mol. The zero-order valence-corrected chi connectivity index (χ0v) is 14.0. The Bertz CT molecular complexity index is 239. The van der Waals surface area contributed by atoms with Crippen LogP contribution in [0.15, 0.2) is 12.2 Å². The molecule has 0 bridgehead atoms. The van der Waals surface area contributed by atoms with E-state index in [4.69, 9.17) is 4.74 Å². The van der Waals surface area contributed by atoms with Crippen molar-refractivity contribution >= 4 is 18.6 Å². The summed E-state index contributed by atoms with van der Waals surface area (Å²) in [7, 11) is 0. The number of hydrogen-bond donors (Lipinski definition) is 1. The Morgan fingerprint density at radius 3 is 2.05 bits per heavy atom. The smallest absolute Gasteiger partial charge is 0.330 e. The number of carbonyl (C=O) groups is 1. The minimum Gasteiger partial charge on any atom is -0.462 e. The Morgan fingerprint density at radius 2 is 1.50 bits per heavy atom. The predicted octanol–water partition coefficient (Wildman–Crippen LogP) is 5.33. The van der Waals surface area contributed by atoms with E-state index in [0.29, 0.717) is 12.4 Å². The molecule has 0 radical (unpaired) electrons. The van der Waals surface area contributed by atoms with Crippen LogP contribution in [0, 0.1) is 0 Å². The fraction of sp³-hybridized carbons (Fsp3) is 0.824. The number of ether oxygens (including phenoxy) is 1. The van der Waals surface area contributed by atoms with E-state index in [-0.39, 0.29) is 5.97 Å². The molecule has 0 saturated heterocycles. The molecule has 0 aliphatic carbocycles. The highest BCUT2D eigenvalue weighted by molar-refractivity contribution is 7.80. The van der Waals surface area contributed by atoms with Crippen LogP contribution in [0.1, 0.15) is 77.6 Å². The van der Waals surface area contributed by atoms with Gasteiger partial charge in [0.15, 0.2) is 0 Å². The van der Waals surface area contributed by atoms with Crippen molar-refractivity contribution in [3.05, 3.63) is 12.2 Å². The Morgan fingerprint density at radius 1 is 0.950 bits per heavy atom. The lowest BCUT2D eigenvalue weighted by atomic mass is 10.1. The van der Waals surface area contributed by atoms with E-state index in [0.717, 1.165) is 6.42 Å². The molecule has 0 saturated carbocycles. The van der Waals surface area contributed by atoms with E-state index in [1.54, 1.807) is 0 Å². The zero-order valence-electron chi connectivity index (χ0n) is 13.1. The summed E-state index contributed by atoms with van der Waals surface area (Å²) in [4.78, 5) is 11.1. The second-order valence-electron chi connectivity index (χ2n) is 5.26. The molecular formula is C17H32O2S. The van der Waals surface area contributed by atoms with Gasteiger partial charge in [-0.05, 0) is 12.8 Å². The highest BCUT2D eigenvalue weighted by Gasteiger charge is 1.95. The molecule has 0 N–H and O–H groups in total. The summed E-state index contributed by atoms with van der Waals surface area (Å²) in [5.41, 5.74) is 0. The van der Waals surface area contributed by atoms with Crippen molar-refractivity contribution in [1.29, 1.82) is 0 Å². The standard InChI is InChI=1S/C17H32O2S/c1-2-3-4-5-6-7-8-9-10-11-12-13-14-17(18)19-15-16-20/h13-14,20H,2-12,15-16H2,1H3/b14-13+. The highest BCUT2D eigenvalue weighted by atomic mass is 32.1. The lowest BCUT2D eigenvalue weighted by molar-refractivity contribution is -0.137. The third-order valence-electron chi connectivity index (χ3n) is 3.31. The Labute approximate surface area is 130 Å². The van der Waals surface area contributed by atoms with E-state index in [2.05, 4.69) is 19.6 Å². The number of esters is 1. The number of allylic oxidation sites excluding steroid dienone is 1. The number of unbranched alkanes of at least 4 members (excludes halogenated alkanes) is 10. The molecule has 0 spiro atoms. The van der Waals surface area contributed by atoms with Crippen molar-refractivity contribution in [1.82, 2.24) is 0 Å². The maximum Gasteiger partial charge on any atom is 0.330 e. The molecule has 0 fully saturated rings. The van der Waals surface area contributed by atoms with Gasteiger partial charge in [-0.1, -0.05) is 70.8 Å². The predicted molar refractivity (Wildman–Crippen MR) is 90.4 cm³/mol. The van der Waals surface area contributed by atoms with Gasteiger partial charge in [-0.3, -0.25) is 0 Å². The molecule has 0 aliphatic heterocycles. The number of rotatable bonds is 14. The molecule has 3 heteroatoms. The van der Waals surface area contributed by atoms with Crippen LogP contribution >= 0.6 is 12.6 Å². The van der Waals surface area contributed by atoms with E-state index < -0.39 is 0 Å². The summed E-state index contributed by atoms with van der Waals surface area (Å²) in [6.07, 6.45) is 17.9. The van der Waals surface area contributed by atoms with Gasteiger partial charge in [0.1, 0.15) is 6.61 Å². The Kier molecular flexibility index (Phi) is 16.2. The van der Waals surface area contributed by atoms with Crippen LogP contribution in [0.4, 0.5) is 0 Å². The maximum atomic E-state index is 11.1. The van der Waals surface area contributed by atoms with Crippen molar-refractivity contribution in [3.8, 4) is 0 Å². The van der Waals surface area contributed by atoms with E-state index in [1.807, 2.05) is 6.08 Å². The fourth-order valence-electron chi connectivity index (χ4n) is 2.12. The first-order chi connectivity index (χ1) is 9.81. The number of hydrogen-bond acceptors (Lipinski definition) is 3. The van der Waals surface area contributed by atoms with Crippen molar-refractivity contribution < 1.29 is 9.53 Å². The van der Waals surface area contributed by atoms with Crippen LogP contribution < -0.4 is 0 Å². The van der Waals surface area contributed by atoms with Crippen LogP contribution in [0.3, 0.4) is 0 Å². The zero-order chi connectivity index (χ0) is 14.9. The third-order valence-corrected chi connectivity index (χ3v) is 3.50. The van der Waals surface area contributed by atoms with E-state index in [9.17, 15) is 4.79 Å². The lowest BCUT2D eigenvalue weighted by Crippen LogP contribution is -2.02. The SMILES string of the molecule is CCCCCCCCCCCC/C=C/C(=O)OCCS. The summed E-state index contributed by atoms with van der Waals surface area (Å²) in [6, 6.07) is 0. The van der Waals surface area contributed by atoms with Crippen LogP contribution in [0.2, 0.25) is 0 Å². The van der Waals surface area contributed by atoms with Gasteiger partial charge in [-0.25, -0.2) is 4.79 Å². The fourth-order valence-corrected chi connectivity index (χ4v) is 2.21. The highest BCUT2D eigenvalue weighted by Crippen LogP contribution is 2.11. The second-order valence-corrected chi connectivity index (χ2v) is 5.71. The van der Waals surface area contributed by atoms with E-state index >= 15 is 0 Å². The molecule has 2 nitrogen and oxygen atoms in total. The molecule has 0 aromatic rings. The first-order valence-electron chi connectivity index (χ1n) is 8.25. The molecule has 0 rings (SSSR count). The summed E-state index contributed by atoms with van der Waals surface area (Å²) in [5.74, 6) is 0.337. The lowest BCUT2D eigenvalue weighted by Gasteiger charge is -2.01. The molecule has 0 heterocycles. The topological polar surface area (TPSA) is 26.3 Å². The van der Waals surface area contributed by atoms with Gasteiger partial charge in [0.05, 0.1) is 0 Å². The van der Waals surface area contributed by atoms with Crippen molar-refractivity contribution in [2.24, 2.45) is 0 Å². The second kappa shape index (κ2) is 16.6. The molecule has 0 aromatic heterocycles.